The Hall–Kier alpha value is -2.53. The summed E-state index contributed by atoms with van der Waals surface area (Å²) in [6.45, 7) is 3.73. The third-order valence-electron chi connectivity index (χ3n) is 3.39. The quantitative estimate of drug-likeness (QED) is 0.408. The second kappa shape index (κ2) is 6.71. The van der Waals surface area contributed by atoms with E-state index in [0.29, 0.717) is 27.6 Å². The first-order valence-corrected chi connectivity index (χ1v) is 8.13. The van der Waals surface area contributed by atoms with Crippen LogP contribution in [0.1, 0.15) is 0 Å². The number of hydrogen-bond donors (Lipinski definition) is 0. The van der Waals surface area contributed by atoms with Gasteiger partial charge in [0.05, 0.1) is 23.7 Å². The Labute approximate surface area is 138 Å². The Bertz CT molecular complexity index is 918. The number of hydrogen-bond acceptors (Lipinski definition) is 4. The van der Waals surface area contributed by atoms with Crippen LogP contribution in [0.5, 0.6) is 5.75 Å². The van der Waals surface area contributed by atoms with Crippen LogP contribution in [0.25, 0.3) is 16.6 Å². The molecule has 0 unspecified atom stereocenters. The zero-order valence-electron chi connectivity index (χ0n) is 12.7. The Morgan fingerprint density at radius 1 is 1.26 bits per heavy atom. The highest BCUT2D eigenvalue weighted by Gasteiger charge is 2.13. The standard InChI is InChI=1S/C18H16N2O2S/c1-3-11-23-18-19-16-10-5-4-9-15(16)17(21)20(18)13-7-6-8-14(12-13)22-2/h3-10,12H,1,11H2,2H3. The Morgan fingerprint density at radius 2 is 2.09 bits per heavy atom. The summed E-state index contributed by atoms with van der Waals surface area (Å²) < 4.78 is 6.89. The van der Waals surface area contributed by atoms with Crippen molar-refractivity contribution in [2.24, 2.45) is 0 Å². The monoisotopic (exact) mass is 324 g/mol. The van der Waals surface area contributed by atoms with E-state index in [1.807, 2.05) is 42.5 Å². The van der Waals surface area contributed by atoms with Gasteiger partial charge in [-0.25, -0.2) is 4.98 Å². The molecule has 0 atom stereocenters. The molecule has 3 aromatic rings. The Morgan fingerprint density at radius 3 is 2.87 bits per heavy atom. The molecule has 0 aliphatic heterocycles. The fourth-order valence-electron chi connectivity index (χ4n) is 2.32. The van der Waals surface area contributed by atoms with Crippen LogP contribution in [0.15, 0.2) is 71.1 Å². The normalized spacial score (nSPS) is 10.7. The van der Waals surface area contributed by atoms with E-state index in [9.17, 15) is 4.79 Å². The van der Waals surface area contributed by atoms with Crippen LogP contribution in [-0.2, 0) is 0 Å². The first-order chi connectivity index (χ1) is 11.2. The van der Waals surface area contributed by atoms with Crippen molar-refractivity contribution in [3.05, 3.63) is 71.5 Å². The number of para-hydroxylation sites is 1. The van der Waals surface area contributed by atoms with Crippen LogP contribution in [0.4, 0.5) is 0 Å². The van der Waals surface area contributed by atoms with Crippen LogP contribution in [-0.4, -0.2) is 22.4 Å². The lowest BCUT2D eigenvalue weighted by molar-refractivity contribution is 0.414. The zero-order chi connectivity index (χ0) is 16.2. The maximum Gasteiger partial charge on any atom is 0.266 e. The van der Waals surface area contributed by atoms with Gasteiger partial charge in [0, 0.05) is 11.8 Å². The third kappa shape index (κ3) is 3.00. The van der Waals surface area contributed by atoms with Gasteiger partial charge in [-0.1, -0.05) is 36.0 Å². The number of benzene rings is 2. The van der Waals surface area contributed by atoms with Gasteiger partial charge in [0.15, 0.2) is 5.16 Å². The van der Waals surface area contributed by atoms with Gasteiger partial charge in [0.2, 0.25) is 0 Å². The molecule has 0 radical (unpaired) electrons. The first kappa shape index (κ1) is 15.4. The fourth-order valence-corrected chi connectivity index (χ4v) is 3.07. The predicted molar refractivity (Wildman–Crippen MR) is 94.8 cm³/mol. The van der Waals surface area contributed by atoms with Crippen LogP contribution in [0, 0.1) is 0 Å². The molecule has 1 heterocycles. The molecular formula is C18H16N2O2S. The van der Waals surface area contributed by atoms with Gasteiger partial charge in [0.1, 0.15) is 5.75 Å². The van der Waals surface area contributed by atoms with E-state index in [1.54, 1.807) is 23.8 Å². The number of ether oxygens (including phenoxy) is 1. The van der Waals surface area contributed by atoms with E-state index >= 15 is 0 Å². The van der Waals surface area contributed by atoms with Crippen LogP contribution < -0.4 is 10.3 Å². The minimum absolute atomic E-state index is 0.0876. The van der Waals surface area contributed by atoms with Gasteiger partial charge in [-0.3, -0.25) is 9.36 Å². The zero-order valence-corrected chi connectivity index (χ0v) is 13.5. The van der Waals surface area contributed by atoms with Gasteiger partial charge >= 0.3 is 0 Å². The molecule has 0 fully saturated rings. The Balaban J connectivity index is 2.29. The minimum Gasteiger partial charge on any atom is -0.497 e. The third-order valence-corrected chi connectivity index (χ3v) is 4.32. The summed E-state index contributed by atoms with van der Waals surface area (Å²) in [5.41, 5.74) is 1.35. The average molecular weight is 324 g/mol. The first-order valence-electron chi connectivity index (χ1n) is 7.14. The molecule has 4 nitrogen and oxygen atoms in total. The predicted octanol–water partition coefficient (Wildman–Crippen LogP) is 3.67. The van der Waals surface area contributed by atoms with Crippen molar-refractivity contribution in [3.8, 4) is 11.4 Å². The molecule has 5 heteroatoms. The van der Waals surface area contributed by atoms with Gasteiger partial charge in [-0.15, -0.1) is 6.58 Å². The summed E-state index contributed by atoms with van der Waals surface area (Å²) in [6.07, 6.45) is 1.79. The van der Waals surface area contributed by atoms with Crippen molar-refractivity contribution in [1.82, 2.24) is 9.55 Å². The number of fused-ring (bicyclic) bond motifs is 1. The van der Waals surface area contributed by atoms with Crippen LogP contribution in [0.2, 0.25) is 0 Å². The van der Waals surface area contributed by atoms with E-state index in [-0.39, 0.29) is 5.56 Å². The Kier molecular flexibility index (Phi) is 4.48. The molecule has 0 N–H and O–H groups in total. The van der Waals surface area contributed by atoms with Gasteiger partial charge in [-0.05, 0) is 24.3 Å². The van der Waals surface area contributed by atoms with E-state index in [2.05, 4.69) is 11.6 Å². The van der Waals surface area contributed by atoms with Gasteiger partial charge < -0.3 is 4.74 Å². The summed E-state index contributed by atoms with van der Waals surface area (Å²) in [6, 6.07) is 14.8. The fraction of sp³-hybridized carbons (Fsp3) is 0.111. The molecule has 0 amide bonds. The largest absolute Gasteiger partial charge is 0.497 e. The maximum absolute atomic E-state index is 13.0. The van der Waals surface area contributed by atoms with Gasteiger partial charge in [0.25, 0.3) is 5.56 Å². The molecule has 23 heavy (non-hydrogen) atoms. The number of methoxy groups -OCH3 is 1. The highest BCUT2D eigenvalue weighted by Crippen LogP contribution is 2.23. The van der Waals surface area contributed by atoms with Crippen LogP contribution in [0.3, 0.4) is 0 Å². The minimum atomic E-state index is -0.0876. The number of aromatic nitrogens is 2. The topological polar surface area (TPSA) is 44.1 Å². The SMILES string of the molecule is C=CCSc1nc2ccccc2c(=O)n1-c1cccc(OC)c1. The second-order valence-electron chi connectivity index (χ2n) is 4.85. The van der Waals surface area contributed by atoms with Crippen molar-refractivity contribution in [3.63, 3.8) is 0 Å². The lowest BCUT2D eigenvalue weighted by Crippen LogP contribution is -2.21. The summed E-state index contributed by atoms with van der Waals surface area (Å²) >= 11 is 1.48. The highest BCUT2D eigenvalue weighted by atomic mass is 32.2. The van der Waals surface area contributed by atoms with E-state index in [1.165, 1.54) is 11.8 Å². The lowest BCUT2D eigenvalue weighted by Gasteiger charge is -2.13. The van der Waals surface area contributed by atoms with E-state index in [4.69, 9.17) is 4.74 Å². The molecule has 2 aromatic carbocycles. The highest BCUT2D eigenvalue weighted by molar-refractivity contribution is 7.99. The van der Waals surface area contributed by atoms with Crippen molar-refractivity contribution in [1.29, 1.82) is 0 Å². The number of nitrogens with zero attached hydrogens (tertiary/aromatic N) is 2. The number of rotatable bonds is 5. The maximum atomic E-state index is 13.0. The van der Waals surface area contributed by atoms with Crippen LogP contribution >= 0.6 is 11.8 Å². The van der Waals surface area contributed by atoms with Crippen molar-refractivity contribution in [2.75, 3.05) is 12.9 Å². The average Bonchev–Trinajstić information content (AvgIpc) is 2.60. The molecule has 0 saturated carbocycles. The molecule has 116 valence electrons. The molecule has 0 aliphatic carbocycles. The molecule has 0 saturated heterocycles. The molecule has 3 rings (SSSR count). The second-order valence-corrected chi connectivity index (χ2v) is 5.84. The summed E-state index contributed by atoms with van der Waals surface area (Å²) in [7, 11) is 1.61. The molecular weight excluding hydrogens is 308 g/mol. The summed E-state index contributed by atoms with van der Waals surface area (Å²) in [5, 5.41) is 1.24. The summed E-state index contributed by atoms with van der Waals surface area (Å²) in [4.78, 5) is 17.6. The van der Waals surface area contributed by atoms with E-state index < -0.39 is 0 Å². The van der Waals surface area contributed by atoms with E-state index in [0.717, 1.165) is 5.69 Å². The molecule has 0 bridgehead atoms. The van der Waals surface area contributed by atoms with Gasteiger partial charge in [-0.2, -0.15) is 0 Å². The van der Waals surface area contributed by atoms with Crippen molar-refractivity contribution >= 4 is 22.7 Å². The lowest BCUT2D eigenvalue weighted by atomic mass is 10.2. The molecule has 0 spiro atoms. The molecule has 1 aromatic heterocycles. The smallest absolute Gasteiger partial charge is 0.266 e. The van der Waals surface area contributed by atoms with Crippen molar-refractivity contribution < 1.29 is 4.74 Å². The molecule has 0 aliphatic rings. The summed E-state index contributed by atoms with van der Waals surface area (Å²) in [5.74, 6) is 1.37. The number of thioether (sulfide) groups is 1. The van der Waals surface area contributed by atoms with Crippen molar-refractivity contribution in [2.45, 2.75) is 5.16 Å².